The molecule has 1 atom stereocenters. The number of nitrogens with zero attached hydrogens (tertiary/aromatic N) is 2. The van der Waals surface area contributed by atoms with Gasteiger partial charge in [-0.25, -0.2) is 4.39 Å². The molecule has 1 unspecified atom stereocenters. The SMILES string of the molecule is CC(C)CCNC(=O)C(C)N(Cc1ccc(F)cc1)C(=O)c1ccc(CN2CCOCC2)o1. The van der Waals surface area contributed by atoms with Crippen molar-refractivity contribution >= 4 is 11.8 Å². The van der Waals surface area contributed by atoms with Gasteiger partial charge in [0.15, 0.2) is 5.76 Å². The van der Waals surface area contributed by atoms with Crippen LogP contribution in [0.5, 0.6) is 0 Å². The second-order valence-electron chi connectivity index (χ2n) is 8.86. The molecule has 1 aromatic heterocycles. The highest BCUT2D eigenvalue weighted by molar-refractivity contribution is 5.95. The molecule has 2 aromatic rings. The Bertz CT molecular complexity index is 907. The van der Waals surface area contributed by atoms with Gasteiger partial charge in [-0.2, -0.15) is 0 Å². The van der Waals surface area contributed by atoms with Crippen LogP contribution in [-0.2, 0) is 22.6 Å². The lowest BCUT2D eigenvalue weighted by molar-refractivity contribution is -0.125. The maximum Gasteiger partial charge on any atom is 0.290 e. The molecule has 1 saturated heterocycles. The van der Waals surface area contributed by atoms with Gasteiger partial charge in [-0.15, -0.1) is 0 Å². The standard InChI is InChI=1S/C25H34FN3O4/c1-18(2)10-11-27-24(30)19(3)29(16-20-4-6-21(26)7-5-20)25(31)23-9-8-22(33-23)17-28-12-14-32-15-13-28/h4-9,18-19H,10-17H2,1-3H3,(H,27,30). The van der Waals surface area contributed by atoms with Crippen molar-refractivity contribution in [3.05, 3.63) is 59.3 Å². The average Bonchev–Trinajstić information content (AvgIpc) is 3.26. The molecule has 3 rings (SSSR count). The molecule has 0 radical (unpaired) electrons. The van der Waals surface area contributed by atoms with Crippen LogP contribution in [-0.4, -0.2) is 60.5 Å². The first-order valence-electron chi connectivity index (χ1n) is 11.6. The first kappa shape index (κ1) is 24.9. The van der Waals surface area contributed by atoms with Crippen molar-refractivity contribution in [2.45, 2.75) is 46.3 Å². The van der Waals surface area contributed by atoms with Gasteiger partial charge in [-0.3, -0.25) is 14.5 Å². The minimum absolute atomic E-state index is 0.164. The van der Waals surface area contributed by atoms with Crippen molar-refractivity contribution in [3.63, 3.8) is 0 Å². The predicted molar refractivity (Wildman–Crippen MR) is 123 cm³/mol. The van der Waals surface area contributed by atoms with Crippen LogP contribution in [0.1, 0.15) is 49.1 Å². The summed E-state index contributed by atoms with van der Waals surface area (Å²) in [5.74, 6) is 0.379. The Labute approximate surface area is 194 Å². The Balaban J connectivity index is 1.73. The summed E-state index contributed by atoms with van der Waals surface area (Å²) in [6.45, 7) is 10.2. The first-order valence-corrected chi connectivity index (χ1v) is 11.6. The van der Waals surface area contributed by atoms with E-state index in [1.54, 1.807) is 31.2 Å². The lowest BCUT2D eigenvalue weighted by atomic mass is 10.1. The molecular formula is C25H34FN3O4. The molecule has 0 bridgehead atoms. The molecule has 2 heterocycles. The van der Waals surface area contributed by atoms with E-state index in [0.29, 0.717) is 38.0 Å². The van der Waals surface area contributed by atoms with Crippen molar-refractivity contribution in [2.75, 3.05) is 32.8 Å². The Kier molecular flexibility index (Phi) is 9.03. The largest absolute Gasteiger partial charge is 0.455 e. The van der Waals surface area contributed by atoms with Crippen LogP contribution in [0.25, 0.3) is 0 Å². The van der Waals surface area contributed by atoms with Gasteiger partial charge in [0.25, 0.3) is 5.91 Å². The number of furan rings is 1. The number of amides is 2. The molecule has 33 heavy (non-hydrogen) atoms. The number of hydrogen-bond donors (Lipinski definition) is 1. The summed E-state index contributed by atoms with van der Waals surface area (Å²) in [6, 6.07) is 8.65. The molecule has 0 aliphatic carbocycles. The van der Waals surface area contributed by atoms with Crippen LogP contribution < -0.4 is 5.32 Å². The van der Waals surface area contributed by atoms with Gasteiger partial charge in [-0.1, -0.05) is 26.0 Å². The van der Waals surface area contributed by atoms with E-state index in [1.165, 1.54) is 17.0 Å². The molecule has 1 aliphatic heterocycles. The number of carbonyl (C=O) groups excluding carboxylic acids is 2. The van der Waals surface area contributed by atoms with Crippen LogP contribution in [0.4, 0.5) is 4.39 Å². The van der Waals surface area contributed by atoms with Crippen LogP contribution in [0.2, 0.25) is 0 Å². The van der Waals surface area contributed by atoms with E-state index in [-0.39, 0.29) is 29.9 Å². The zero-order chi connectivity index (χ0) is 23.8. The number of nitrogens with one attached hydrogen (secondary N) is 1. The topological polar surface area (TPSA) is 75.0 Å². The van der Waals surface area contributed by atoms with E-state index in [1.807, 2.05) is 0 Å². The quantitative estimate of drug-likeness (QED) is 0.589. The third kappa shape index (κ3) is 7.40. The summed E-state index contributed by atoms with van der Waals surface area (Å²) in [6.07, 6.45) is 0.855. The Morgan fingerprint density at radius 2 is 1.79 bits per heavy atom. The van der Waals surface area contributed by atoms with E-state index < -0.39 is 6.04 Å². The fraction of sp³-hybridized carbons (Fsp3) is 0.520. The second-order valence-corrected chi connectivity index (χ2v) is 8.86. The van der Waals surface area contributed by atoms with Gasteiger partial charge in [-0.05, 0) is 49.1 Å². The number of halogens is 1. The van der Waals surface area contributed by atoms with Crippen molar-refractivity contribution < 1.29 is 23.1 Å². The molecule has 7 nitrogen and oxygen atoms in total. The summed E-state index contributed by atoms with van der Waals surface area (Å²) in [5.41, 5.74) is 0.728. The van der Waals surface area contributed by atoms with E-state index in [9.17, 15) is 14.0 Å². The second kappa shape index (κ2) is 12.0. The average molecular weight is 460 g/mol. The first-order chi connectivity index (χ1) is 15.8. The minimum Gasteiger partial charge on any atom is -0.455 e. The van der Waals surface area contributed by atoms with Gasteiger partial charge in [0.1, 0.15) is 17.6 Å². The molecule has 8 heteroatoms. The zero-order valence-corrected chi connectivity index (χ0v) is 19.7. The molecule has 2 amide bonds. The van der Waals surface area contributed by atoms with Crippen molar-refractivity contribution in [3.8, 4) is 0 Å². The lowest BCUT2D eigenvalue weighted by Crippen LogP contribution is -2.47. The third-order valence-electron chi connectivity index (χ3n) is 5.75. The fourth-order valence-corrected chi connectivity index (χ4v) is 3.64. The Morgan fingerprint density at radius 3 is 2.45 bits per heavy atom. The molecule has 1 aliphatic rings. The van der Waals surface area contributed by atoms with Gasteiger partial charge in [0.05, 0.1) is 19.8 Å². The lowest BCUT2D eigenvalue weighted by Gasteiger charge is -2.28. The summed E-state index contributed by atoms with van der Waals surface area (Å²) < 4.78 is 24.6. The fourth-order valence-electron chi connectivity index (χ4n) is 3.64. The van der Waals surface area contributed by atoms with Gasteiger partial charge < -0.3 is 19.4 Å². The Morgan fingerprint density at radius 1 is 1.09 bits per heavy atom. The van der Waals surface area contributed by atoms with Crippen molar-refractivity contribution in [1.29, 1.82) is 0 Å². The number of ether oxygens (including phenoxy) is 1. The molecule has 0 spiro atoms. The van der Waals surface area contributed by atoms with Crippen LogP contribution in [0.15, 0.2) is 40.8 Å². The number of carbonyl (C=O) groups is 2. The van der Waals surface area contributed by atoms with E-state index in [0.717, 1.165) is 25.1 Å². The van der Waals surface area contributed by atoms with Gasteiger partial charge >= 0.3 is 0 Å². The molecule has 1 fully saturated rings. The number of morpholine rings is 1. The highest BCUT2D eigenvalue weighted by atomic mass is 19.1. The smallest absolute Gasteiger partial charge is 0.290 e. The highest BCUT2D eigenvalue weighted by Crippen LogP contribution is 2.18. The normalized spacial score (nSPS) is 15.4. The number of hydrogen-bond acceptors (Lipinski definition) is 5. The van der Waals surface area contributed by atoms with Crippen molar-refractivity contribution in [2.24, 2.45) is 5.92 Å². The summed E-state index contributed by atoms with van der Waals surface area (Å²) >= 11 is 0. The summed E-state index contributed by atoms with van der Waals surface area (Å²) in [4.78, 5) is 29.9. The maximum atomic E-state index is 13.4. The zero-order valence-electron chi connectivity index (χ0n) is 19.7. The predicted octanol–water partition coefficient (Wildman–Crippen LogP) is 3.44. The van der Waals surface area contributed by atoms with Crippen LogP contribution >= 0.6 is 0 Å². The monoisotopic (exact) mass is 459 g/mol. The van der Waals surface area contributed by atoms with Crippen LogP contribution in [0.3, 0.4) is 0 Å². The van der Waals surface area contributed by atoms with E-state index in [2.05, 4.69) is 24.1 Å². The molecule has 1 N–H and O–H groups in total. The third-order valence-corrected chi connectivity index (χ3v) is 5.75. The highest BCUT2D eigenvalue weighted by Gasteiger charge is 2.29. The van der Waals surface area contributed by atoms with Gasteiger partial charge in [0.2, 0.25) is 5.91 Å². The summed E-state index contributed by atoms with van der Waals surface area (Å²) in [5, 5.41) is 2.91. The Hall–Kier alpha value is -2.71. The summed E-state index contributed by atoms with van der Waals surface area (Å²) in [7, 11) is 0. The van der Waals surface area contributed by atoms with E-state index in [4.69, 9.17) is 9.15 Å². The molecule has 180 valence electrons. The van der Waals surface area contributed by atoms with Crippen molar-refractivity contribution in [1.82, 2.24) is 15.1 Å². The number of benzene rings is 1. The molecule has 1 aromatic carbocycles. The minimum atomic E-state index is -0.720. The van der Waals surface area contributed by atoms with Gasteiger partial charge in [0, 0.05) is 26.2 Å². The van der Waals surface area contributed by atoms with Crippen LogP contribution in [0, 0.1) is 11.7 Å². The molecular weight excluding hydrogens is 425 g/mol. The number of rotatable bonds is 10. The van der Waals surface area contributed by atoms with E-state index >= 15 is 0 Å². The molecule has 0 saturated carbocycles. The maximum absolute atomic E-state index is 13.4.